The number of rotatable bonds is 10. The number of carbonyl (C=O) groups excluding carboxylic acids is 2. The fourth-order valence-electron chi connectivity index (χ4n) is 5.48. The summed E-state index contributed by atoms with van der Waals surface area (Å²) in [5.74, 6) is 0.772. The molecule has 1 saturated heterocycles. The zero-order chi connectivity index (χ0) is 25.5. The summed E-state index contributed by atoms with van der Waals surface area (Å²) in [6, 6.07) is 17.7. The molecule has 2 amide bonds. The van der Waals surface area contributed by atoms with Gasteiger partial charge in [0.2, 0.25) is 11.8 Å². The van der Waals surface area contributed by atoms with Gasteiger partial charge in [-0.3, -0.25) is 9.59 Å². The van der Waals surface area contributed by atoms with Gasteiger partial charge in [0.25, 0.3) is 0 Å². The van der Waals surface area contributed by atoms with Crippen LogP contribution >= 0.6 is 0 Å². The van der Waals surface area contributed by atoms with Gasteiger partial charge in [-0.2, -0.15) is 0 Å². The minimum absolute atomic E-state index is 0.0122. The molecule has 4 rings (SSSR count). The summed E-state index contributed by atoms with van der Waals surface area (Å²) >= 11 is 0. The summed E-state index contributed by atoms with van der Waals surface area (Å²) in [7, 11) is 1.66. The van der Waals surface area contributed by atoms with Crippen LogP contribution in [0.15, 0.2) is 54.6 Å². The highest BCUT2D eigenvalue weighted by molar-refractivity contribution is 5.79. The average molecular weight is 495 g/mol. The lowest BCUT2D eigenvalue weighted by molar-refractivity contribution is -0.135. The molecule has 1 fully saturated rings. The van der Waals surface area contributed by atoms with E-state index in [0.717, 1.165) is 24.2 Å². The van der Waals surface area contributed by atoms with Crippen LogP contribution in [-0.2, 0) is 24.5 Å². The van der Waals surface area contributed by atoms with Crippen molar-refractivity contribution in [2.24, 2.45) is 5.92 Å². The molecule has 1 heterocycles. The lowest BCUT2D eigenvalue weighted by Gasteiger charge is -2.44. The molecule has 1 aliphatic carbocycles. The molecule has 2 atom stereocenters. The van der Waals surface area contributed by atoms with Gasteiger partial charge in [-0.1, -0.05) is 56.3 Å². The summed E-state index contributed by atoms with van der Waals surface area (Å²) in [6.45, 7) is 6.39. The maximum Gasteiger partial charge on any atom is 0.225 e. The van der Waals surface area contributed by atoms with Crippen LogP contribution in [0.2, 0.25) is 0 Å². The maximum atomic E-state index is 13.0. The SMILES string of the molecule is COCCO[C@H]1[C@H](NC(=O)C(C)C)c2ccccc2C12CCN(C(=O)CCOc1ccccc1)CC2. The molecule has 0 unspecified atom stereocenters. The third-order valence-corrected chi connectivity index (χ3v) is 7.42. The number of nitrogens with zero attached hydrogens (tertiary/aromatic N) is 1. The van der Waals surface area contributed by atoms with E-state index in [2.05, 4.69) is 23.5 Å². The third-order valence-electron chi connectivity index (χ3n) is 7.42. The van der Waals surface area contributed by atoms with E-state index < -0.39 is 0 Å². The Balaban J connectivity index is 1.47. The van der Waals surface area contributed by atoms with Crippen LogP contribution in [0.25, 0.3) is 0 Å². The van der Waals surface area contributed by atoms with Crippen molar-refractivity contribution < 1.29 is 23.8 Å². The first-order valence-electron chi connectivity index (χ1n) is 12.9. The Morgan fingerprint density at radius 3 is 2.39 bits per heavy atom. The molecular weight excluding hydrogens is 456 g/mol. The standard InChI is InChI=1S/C29H38N2O5/c1-21(2)28(33)30-26-23-11-7-8-12-24(23)29(27(26)36-20-19-34-3)14-16-31(17-15-29)25(32)13-18-35-22-9-5-4-6-10-22/h4-12,21,26-27H,13-20H2,1-3H3,(H,30,33)/t26-,27+/m1/s1. The first-order valence-corrected chi connectivity index (χ1v) is 12.9. The van der Waals surface area contributed by atoms with Gasteiger partial charge in [0.15, 0.2) is 0 Å². The molecule has 194 valence electrons. The fourth-order valence-corrected chi connectivity index (χ4v) is 5.48. The van der Waals surface area contributed by atoms with E-state index in [4.69, 9.17) is 14.2 Å². The van der Waals surface area contributed by atoms with Crippen molar-refractivity contribution in [3.05, 3.63) is 65.7 Å². The fraction of sp³-hybridized carbons (Fsp3) is 0.517. The van der Waals surface area contributed by atoms with Crippen molar-refractivity contribution in [3.8, 4) is 5.75 Å². The molecule has 0 bridgehead atoms. The minimum atomic E-state index is -0.267. The summed E-state index contributed by atoms with van der Waals surface area (Å²) in [4.78, 5) is 27.6. The van der Waals surface area contributed by atoms with Gasteiger partial charge in [-0.25, -0.2) is 0 Å². The summed E-state index contributed by atoms with van der Waals surface area (Å²) in [6.07, 6.45) is 1.69. The maximum absolute atomic E-state index is 13.0. The van der Waals surface area contributed by atoms with Crippen LogP contribution in [0.5, 0.6) is 5.75 Å². The van der Waals surface area contributed by atoms with Gasteiger partial charge in [0, 0.05) is 31.5 Å². The molecule has 2 aromatic carbocycles. The largest absolute Gasteiger partial charge is 0.493 e. The van der Waals surface area contributed by atoms with Gasteiger partial charge in [-0.05, 0) is 36.1 Å². The Hall–Kier alpha value is -2.90. The number of para-hydroxylation sites is 1. The van der Waals surface area contributed by atoms with E-state index in [1.165, 1.54) is 5.56 Å². The lowest BCUT2D eigenvalue weighted by Crippen LogP contribution is -2.52. The predicted octanol–water partition coefficient (Wildman–Crippen LogP) is 3.87. The van der Waals surface area contributed by atoms with Crippen LogP contribution < -0.4 is 10.1 Å². The summed E-state index contributed by atoms with van der Waals surface area (Å²) < 4.78 is 17.4. The van der Waals surface area contributed by atoms with Gasteiger partial charge in [-0.15, -0.1) is 0 Å². The van der Waals surface area contributed by atoms with E-state index >= 15 is 0 Å². The Labute approximate surface area is 214 Å². The van der Waals surface area contributed by atoms with Gasteiger partial charge < -0.3 is 24.4 Å². The molecule has 36 heavy (non-hydrogen) atoms. The molecule has 0 saturated carbocycles. The number of piperidine rings is 1. The minimum Gasteiger partial charge on any atom is -0.493 e. The van der Waals surface area contributed by atoms with Crippen molar-refractivity contribution in [2.45, 2.75) is 50.7 Å². The van der Waals surface area contributed by atoms with Crippen molar-refractivity contribution in [1.82, 2.24) is 10.2 Å². The van der Waals surface area contributed by atoms with E-state index in [-0.39, 0.29) is 35.3 Å². The van der Waals surface area contributed by atoms with Crippen LogP contribution in [0.4, 0.5) is 0 Å². The molecule has 7 heteroatoms. The molecule has 0 radical (unpaired) electrons. The molecule has 1 spiro atoms. The molecule has 1 aliphatic heterocycles. The molecule has 1 N–H and O–H groups in total. The third kappa shape index (κ3) is 5.57. The molecular formula is C29H38N2O5. The van der Waals surface area contributed by atoms with Crippen LogP contribution in [0.1, 0.15) is 50.3 Å². The van der Waals surface area contributed by atoms with Crippen LogP contribution in [0.3, 0.4) is 0 Å². The highest BCUT2D eigenvalue weighted by Crippen LogP contribution is 2.52. The molecule has 2 aromatic rings. The Bertz CT molecular complexity index is 1020. The second-order valence-electron chi connectivity index (χ2n) is 9.96. The quantitative estimate of drug-likeness (QED) is 0.508. The summed E-state index contributed by atoms with van der Waals surface area (Å²) in [5.41, 5.74) is 2.07. The van der Waals surface area contributed by atoms with Gasteiger partial charge in [0.05, 0.1) is 38.4 Å². The number of methoxy groups -OCH3 is 1. The highest BCUT2D eigenvalue weighted by Gasteiger charge is 2.54. The Morgan fingerprint density at radius 2 is 1.69 bits per heavy atom. The zero-order valence-electron chi connectivity index (χ0n) is 21.6. The molecule has 0 aromatic heterocycles. The van der Waals surface area contributed by atoms with E-state index in [1.54, 1.807) is 7.11 Å². The number of nitrogens with one attached hydrogen (secondary N) is 1. The van der Waals surface area contributed by atoms with Crippen molar-refractivity contribution in [2.75, 3.05) is 40.0 Å². The summed E-state index contributed by atoms with van der Waals surface area (Å²) in [5, 5.41) is 3.26. The number of ether oxygens (including phenoxy) is 3. The second kappa shape index (κ2) is 11.9. The first kappa shape index (κ1) is 26.2. The number of carbonyl (C=O) groups is 2. The average Bonchev–Trinajstić information content (AvgIpc) is 3.13. The number of hydrogen-bond donors (Lipinski definition) is 1. The van der Waals surface area contributed by atoms with E-state index in [0.29, 0.717) is 39.3 Å². The smallest absolute Gasteiger partial charge is 0.225 e. The second-order valence-corrected chi connectivity index (χ2v) is 9.96. The normalized spacial score (nSPS) is 20.4. The van der Waals surface area contributed by atoms with E-state index in [1.807, 2.05) is 55.1 Å². The van der Waals surface area contributed by atoms with Gasteiger partial charge in [0.1, 0.15) is 5.75 Å². The molecule has 7 nitrogen and oxygen atoms in total. The van der Waals surface area contributed by atoms with Crippen LogP contribution in [-0.4, -0.2) is 62.8 Å². The van der Waals surface area contributed by atoms with Crippen molar-refractivity contribution >= 4 is 11.8 Å². The Morgan fingerprint density at radius 1 is 1.00 bits per heavy atom. The number of likely N-dealkylation sites (tertiary alicyclic amines) is 1. The number of fused-ring (bicyclic) bond motifs is 2. The van der Waals surface area contributed by atoms with Crippen LogP contribution in [0, 0.1) is 5.92 Å². The van der Waals surface area contributed by atoms with Crippen molar-refractivity contribution in [1.29, 1.82) is 0 Å². The number of hydrogen-bond acceptors (Lipinski definition) is 5. The zero-order valence-corrected chi connectivity index (χ0v) is 21.6. The number of benzene rings is 2. The highest BCUT2D eigenvalue weighted by atomic mass is 16.5. The number of amides is 2. The Kier molecular flexibility index (Phi) is 8.64. The lowest BCUT2D eigenvalue weighted by atomic mass is 9.71. The topological polar surface area (TPSA) is 77.1 Å². The first-order chi connectivity index (χ1) is 17.5. The predicted molar refractivity (Wildman–Crippen MR) is 138 cm³/mol. The van der Waals surface area contributed by atoms with E-state index in [9.17, 15) is 9.59 Å². The van der Waals surface area contributed by atoms with Crippen molar-refractivity contribution in [3.63, 3.8) is 0 Å². The van der Waals surface area contributed by atoms with Gasteiger partial charge >= 0.3 is 0 Å². The monoisotopic (exact) mass is 494 g/mol. The molecule has 2 aliphatic rings.